The van der Waals surface area contributed by atoms with Gasteiger partial charge in [-0.1, -0.05) is 17.8 Å². The van der Waals surface area contributed by atoms with Crippen molar-refractivity contribution in [1.82, 2.24) is 20.1 Å². The van der Waals surface area contributed by atoms with Crippen LogP contribution in [0.5, 0.6) is 0 Å². The van der Waals surface area contributed by atoms with Crippen LogP contribution in [0.2, 0.25) is 0 Å². The van der Waals surface area contributed by atoms with Gasteiger partial charge in [-0.3, -0.25) is 14.7 Å². The van der Waals surface area contributed by atoms with E-state index in [-0.39, 0.29) is 5.82 Å². The van der Waals surface area contributed by atoms with Crippen LogP contribution in [0.15, 0.2) is 42.1 Å². The Hall–Kier alpha value is -2.68. The molecule has 1 heterocycles. The largest absolute Gasteiger partial charge is 0.351 e. The fraction of sp³-hybridized carbons (Fsp3) is 0.200. The van der Waals surface area contributed by atoms with Gasteiger partial charge in [-0.05, 0) is 31.2 Å². The molecule has 24 heavy (non-hydrogen) atoms. The predicted octanol–water partition coefficient (Wildman–Crippen LogP) is 1.95. The molecule has 3 amide bonds. The molecule has 1 atom stereocenters. The Bertz CT molecular complexity index is 760. The molecule has 0 fully saturated rings. The smallest absolute Gasteiger partial charge is 0.318 e. The highest BCUT2D eigenvalue weighted by atomic mass is 32.2. The molecule has 0 aliphatic rings. The molecule has 3 N–H and O–H groups in total. The first kappa shape index (κ1) is 17.7. The van der Waals surface area contributed by atoms with E-state index in [1.165, 1.54) is 12.1 Å². The van der Waals surface area contributed by atoms with E-state index >= 15 is 0 Å². The first-order chi connectivity index (χ1) is 11.4. The zero-order chi connectivity index (χ0) is 17.7. The van der Waals surface area contributed by atoms with Crippen molar-refractivity contribution >= 4 is 23.7 Å². The first-order valence-electron chi connectivity index (χ1n) is 6.99. The Labute approximate surface area is 142 Å². The van der Waals surface area contributed by atoms with Gasteiger partial charge in [0.1, 0.15) is 5.82 Å². The topological polar surface area (TPSA) is 103 Å². The molecule has 9 heteroatoms. The monoisotopic (exact) mass is 349 g/mol. The maximum atomic E-state index is 13.1. The summed E-state index contributed by atoms with van der Waals surface area (Å²) >= 11 is 1.13. The molecule has 0 bridgehead atoms. The molecule has 2 aromatic rings. The van der Waals surface area contributed by atoms with Crippen molar-refractivity contribution in [2.75, 3.05) is 0 Å². The van der Waals surface area contributed by atoms with Gasteiger partial charge in [-0.15, -0.1) is 16.8 Å². The summed E-state index contributed by atoms with van der Waals surface area (Å²) in [5, 5.41) is 10.1. The predicted molar refractivity (Wildman–Crippen MR) is 88.7 cm³/mol. The number of rotatable bonds is 6. The van der Waals surface area contributed by atoms with Crippen molar-refractivity contribution in [1.29, 1.82) is 0 Å². The van der Waals surface area contributed by atoms with Gasteiger partial charge < -0.3 is 5.73 Å². The molecule has 0 unspecified atom stereocenters. The Balaban J connectivity index is 2.27. The number of urea groups is 1. The minimum Gasteiger partial charge on any atom is -0.351 e. The molecular weight excluding hydrogens is 333 g/mol. The van der Waals surface area contributed by atoms with E-state index in [9.17, 15) is 14.0 Å². The van der Waals surface area contributed by atoms with Crippen molar-refractivity contribution in [3.05, 3.63) is 42.7 Å². The third-order valence-electron chi connectivity index (χ3n) is 3.03. The van der Waals surface area contributed by atoms with Crippen molar-refractivity contribution < 1.29 is 14.0 Å². The highest BCUT2D eigenvalue weighted by molar-refractivity contribution is 8.00. The minimum absolute atomic E-state index is 0.347. The number of carbonyl (C=O) groups excluding carboxylic acids is 2. The molecule has 0 aliphatic heterocycles. The Morgan fingerprint density at radius 1 is 1.42 bits per heavy atom. The number of aromatic nitrogens is 3. The van der Waals surface area contributed by atoms with E-state index < -0.39 is 17.2 Å². The standard InChI is InChI=1S/C15H16FN5O2S/c1-3-8-21-12(10-4-6-11(16)7-5-10)19-20-15(21)24-9(2)13(22)18-14(17)23/h3-7,9H,1,8H2,2H3,(H3,17,18,22,23)/t9-/m1/s1. The van der Waals surface area contributed by atoms with Gasteiger partial charge in [0.05, 0.1) is 5.25 Å². The van der Waals surface area contributed by atoms with Gasteiger partial charge in [0.2, 0.25) is 5.91 Å². The summed E-state index contributed by atoms with van der Waals surface area (Å²) < 4.78 is 14.8. The third-order valence-corrected chi connectivity index (χ3v) is 4.11. The lowest BCUT2D eigenvalue weighted by Gasteiger charge is -2.11. The number of amides is 3. The van der Waals surface area contributed by atoms with Gasteiger partial charge in [-0.25, -0.2) is 9.18 Å². The van der Waals surface area contributed by atoms with Gasteiger partial charge in [0.25, 0.3) is 0 Å². The van der Waals surface area contributed by atoms with Gasteiger partial charge in [0, 0.05) is 12.1 Å². The summed E-state index contributed by atoms with van der Waals surface area (Å²) in [6.07, 6.45) is 1.66. The third kappa shape index (κ3) is 4.19. The maximum Gasteiger partial charge on any atom is 0.318 e. The van der Waals surface area contributed by atoms with E-state index in [1.807, 2.05) is 5.32 Å². The van der Waals surface area contributed by atoms with Crippen LogP contribution in [0.25, 0.3) is 11.4 Å². The molecule has 0 saturated carbocycles. The SMILES string of the molecule is C=CCn1c(S[C@H](C)C(=O)NC(N)=O)nnc1-c1ccc(F)cc1. The van der Waals surface area contributed by atoms with E-state index in [2.05, 4.69) is 16.8 Å². The molecule has 0 radical (unpaired) electrons. The second-order valence-corrected chi connectivity index (χ2v) is 6.13. The summed E-state index contributed by atoms with van der Waals surface area (Å²) in [5.74, 6) is -0.344. The lowest BCUT2D eigenvalue weighted by molar-refractivity contribution is -0.119. The number of hydrogen-bond acceptors (Lipinski definition) is 5. The van der Waals surface area contributed by atoms with Crippen molar-refractivity contribution in [2.45, 2.75) is 23.9 Å². The summed E-state index contributed by atoms with van der Waals surface area (Å²) in [4.78, 5) is 22.5. The van der Waals surface area contributed by atoms with E-state index in [0.29, 0.717) is 23.1 Å². The molecule has 1 aromatic carbocycles. The van der Waals surface area contributed by atoms with Gasteiger partial charge in [-0.2, -0.15) is 0 Å². The molecule has 0 aliphatic carbocycles. The van der Waals surface area contributed by atoms with Crippen LogP contribution in [0, 0.1) is 5.82 Å². The van der Waals surface area contributed by atoms with Gasteiger partial charge >= 0.3 is 6.03 Å². The zero-order valence-corrected chi connectivity index (χ0v) is 13.7. The average molecular weight is 349 g/mol. The van der Waals surface area contributed by atoms with Crippen LogP contribution < -0.4 is 11.1 Å². The number of carbonyl (C=O) groups is 2. The van der Waals surface area contributed by atoms with Crippen LogP contribution in [0.3, 0.4) is 0 Å². The van der Waals surface area contributed by atoms with E-state index in [0.717, 1.165) is 11.8 Å². The second-order valence-electron chi connectivity index (χ2n) is 4.83. The number of imide groups is 1. The lowest BCUT2D eigenvalue weighted by atomic mass is 10.2. The van der Waals surface area contributed by atoms with Crippen LogP contribution >= 0.6 is 11.8 Å². The van der Waals surface area contributed by atoms with Crippen LogP contribution in [-0.2, 0) is 11.3 Å². The number of nitrogens with one attached hydrogen (secondary N) is 1. The van der Waals surface area contributed by atoms with Crippen molar-refractivity contribution in [2.24, 2.45) is 5.73 Å². The number of halogens is 1. The zero-order valence-electron chi connectivity index (χ0n) is 12.9. The number of benzene rings is 1. The van der Waals surface area contributed by atoms with Crippen LogP contribution in [0.4, 0.5) is 9.18 Å². The number of allylic oxidation sites excluding steroid dienone is 1. The molecule has 0 spiro atoms. The summed E-state index contributed by atoms with van der Waals surface area (Å²) in [6, 6.07) is 4.94. The molecule has 1 aromatic heterocycles. The molecule has 2 rings (SSSR count). The lowest BCUT2D eigenvalue weighted by Crippen LogP contribution is -2.39. The fourth-order valence-corrected chi connectivity index (χ4v) is 2.78. The molecular formula is C15H16FN5O2S. The number of primary amides is 1. The Kier molecular flexibility index (Phi) is 5.69. The van der Waals surface area contributed by atoms with E-state index in [4.69, 9.17) is 5.73 Å². The summed E-state index contributed by atoms with van der Waals surface area (Å²) in [5.41, 5.74) is 5.62. The highest BCUT2D eigenvalue weighted by Crippen LogP contribution is 2.27. The summed E-state index contributed by atoms with van der Waals surface area (Å²) in [6.45, 7) is 5.72. The first-order valence-corrected chi connectivity index (χ1v) is 7.87. The molecule has 0 saturated heterocycles. The summed E-state index contributed by atoms with van der Waals surface area (Å²) in [7, 11) is 0. The van der Waals surface area contributed by atoms with Crippen LogP contribution in [0.1, 0.15) is 6.92 Å². The van der Waals surface area contributed by atoms with Crippen molar-refractivity contribution in [3.8, 4) is 11.4 Å². The minimum atomic E-state index is -0.910. The number of nitrogens with zero attached hydrogens (tertiary/aromatic N) is 3. The number of thioether (sulfide) groups is 1. The van der Waals surface area contributed by atoms with Crippen LogP contribution in [-0.4, -0.2) is 32.0 Å². The van der Waals surface area contributed by atoms with E-state index in [1.54, 1.807) is 29.7 Å². The normalized spacial score (nSPS) is 11.8. The second kappa shape index (κ2) is 7.73. The Morgan fingerprint density at radius 3 is 2.67 bits per heavy atom. The van der Waals surface area contributed by atoms with Crippen molar-refractivity contribution in [3.63, 3.8) is 0 Å². The quantitative estimate of drug-likeness (QED) is 0.613. The molecule has 126 valence electrons. The maximum absolute atomic E-state index is 13.1. The number of hydrogen-bond donors (Lipinski definition) is 2. The highest BCUT2D eigenvalue weighted by Gasteiger charge is 2.21. The fourth-order valence-electron chi connectivity index (χ4n) is 1.92. The van der Waals surface area contributed by atoms with Gasteiger partial charge in [0.15, 0.2) is 11.0 Å². The average Bonchev–Trinajstić information content (AvgIpc) is 2.90. The Morgan fingerprint density at radius 2 is 2.08 bits per heavy atom. The molecule has 7 nitrogen and oxygen atoms in total. The number of nitrogens with two attached hydrogens (primary N) is 1.